The number of hydrogen-bond acceptors (Lipinski definition) is 5. The Balaban J connectivity index is 1.83. The molecule has 30 heavy (non-hydrogen) atoms. The summed E-state index contributed by atoms with van der Waals surface area (Å²) in [7, 11) is 1.66. The van der Waals surface area contributed by atoms with Crippen LogP contribution in [0.2, 0.25) is 0 Å². The number of halogens is 1. The van der Waals surface area contributed by atoms with Crippen LogP contribution in [-0.4, -0.2) is 44.4 Å². The van der Waals surface area contributed by atoms with Crippen molar-refractivity contribution in [1.82, 2.24) is 14.5 Å². The third-order valence-electron chi connectivity index (χ3n) is 4.68. The van der Waals surface area contributed by atoms with Gasteiger partial charge in [-0.05, 0) is 43.2 Å². The van der Waals surface area contributed by atoms with Crippen LogP contribution in [0.5, 0.6) is 0 Å². The fraction of sp³-hybridized carbons (Fsp3) is 0.318. The maximum absolute atomic E-state index is 13.4. The van der Waals surface area contributed by atoms with Crippen molar-refractivity contribution in [3.63, 3.8) is 0 Å². The Kier molecular flexibility index (Phi) is 7.23. The number of hydrogen-bond donors (Lipinski definition) is 1. The second-order valence-corrected chi connectivity index (χ2v) is 8.34. The molecule has 0 aliphatic heterocycles. The minimum atomic E-state index is -0.503. The fourth-order valence-electron chi connectivity index (χ4n) is 3.17. The van der Waals surface area contributed by atoms with Crippen LogP contribution in [0.1, 0.15) is 18.9 Å². The molecule has 1 amide bonds. The van der Waals surface area contributed by atoms with Crippen LogP contribution < -0.4 is 5.56 Å². The van der Waals surface area contributed by atoms with Crippen LogP contribution in [0.15, 0.2) is 58.5 Å². The van der Waals surface area contributed by atoms with Gasteiger partial charge in [0.15, 0.2) is 5.16 Å². The van der Waals surface area contributed by atoms with Gasteiger partial charge in [-0.25, -0.2) is 9.37 Å². The highest BCUT2D eigenvalue weighted by atomic mass is 32.2. The lowest BCUT2D eigenvalue weighted by Crippen LogP contribution is -2.33. The molecule has 0 aliphatic rings. The molecule has 0 spiro atoms. The summed E-state index contributed by atoms with van der Waals surface area (Å²) in [6, 6.07) is 13.2. The van der Waals surface area contributed by atoms with Crippen LogP contribution in [0, 0.1) is 5.82 Å². The summed E-state index contributed by atoms with van der Waals surface area (Å²) in [6.45, 7) is 2.31. The van der Waals surface area contributed by atoms with Gasteiger partial charge in [0.1, 0.15) is 5.82 Å². The van der Waals surface area contributed by atoms with E-state index < -0.39 is 5.25 Å². The molecule has 3 rings (SSSR count). The fourth-order valence-corrected chi connectivity index (χ4v) is 4.22. The smallest absolute Gasteiger partial charge is 0.262 e. The molecule has 1 atom stereocenters. The topological polar surface area (TPSA) is 75.4 Å². The summed E-state index contributed by atoms with van der Waals surface area (Å²) < 4.78 is 14.9. The molecular weight excluding hydrogens is 405 g/mol. The second-order valence-electron chi connectivity index (χ2n) is 7.03. The Hall–Kier alpha value is -2.71. The zero-order valence-electron chi connectivity index (χ0n) is 16.9. The predicted molar refractivity (Wildman–Crippen MR) is 116 cm³/mol. The molecule has 0 saturated carbocycles. The Morgan fingerprint density at radius 3 is 2.77 bits per heavy atom. The number of rotatable bonds is 8. The first-order valence-corrected chi connectivity index (χ1v) is 10.5. The molecule has 158 valence electrons. The van der Waals surface area contributed by atoms with Crippen LogP contribution in [0.4, 0.5) is 4.39 Å². The highest BCUT2D eigenvalue weighted by Crippen LogP contribution is 2.24. The number of amides is 1. The minimum Gasteiger partial charge on any atom is -0.396 e. The molecule has 1 N–H and O–H groups in total. The molecule has 1 aromatic heterocycles. The van der Waals surface area contributed by atoms with E-state index in [4.69, 9.17) is 0 Å². The van der Waals surface area contributed by atoms with Gasteiger partial charge in [-0.3, -0.25) is 14.2 Å². The van der Waals surface area contributed by atoms with Crippen LogP contribution >= 0.6 is 11.8 Å². The van der Waals surface area contributed by atoms with E-state index in [2.05, 4.69) is 4.98 Å². The molecular formula is C22H24FN3O3S. The van der Waals surface area contributed by atoms with Crippen molar-refractivity contribution < 1.29 is 14.3 Å². The highest BCUT2D eigenvalue weighted by molar-refractivity contribution is 8.00. The van der Waals surface area contributed by atoms with E-state index in [9.17, 15) is 19.1 Å². The number of thioether (sulfide) groups is 1. The van der Waals surface area contributed by atoms with Crippen LogP contribution in [0.25, 0.3) is 10.9 Å². The van der Waals surface area contributed by atoms with Crippen molar-refractivity contribution in [3.05, 3.63) is 70.3 Å². The molecule has 0 saturated heterocycles. The first kappa shape index (κ1) is 22.0. The molecule has 0 fully saturated rings. The molecule has 0 radical (unpaired) electrons. The summed E-state index contributed by atoms with van der Waals surface area (Å²) in [5.74, 6) is -0.496. The van der Waals surface area contributed by atoms with Gasteiger partial charge < -0.3 is 10.0 Å². The van der Waals surface area contributed by atoms with Gasteiger partial charge in [0.2, 0.25) is 5.91 Å². The van der Waals surface area contributed by atoms with Crippen molar-refractivity contribution in [3.8, 4) is 0 Å². The van der Waals surface area contributed by atoms with E-state index in [1.165, 1.54) is 33.4 Å². The van der Waals surface area contributed by atoms with E-state index in [1.54, 1.807) is 44.3 Å². The van der Waals surface area contributed by atoms with Crippen molar-refractivity contribution in [2.24, 2.45) is 0 Å². The molecule has 1 unspecified atom stereocenters. The Bertz CT molecular complexity index is 1100. The van der Waals surface area contributed by atoms with Crippen LogP contribution in [-0.2, 0) is 17.9 Å². The van der Waals surface area contributed by atoms with Gasteiger partial charge in [0, 0.05) is 26.7 Å². The number of benzene rings is 2. The second kappa shape index (κ2) is 9.86. The number of fused-ring (bicyclic) bond motifs is 1. The maximum atomic E-state index is 13.4. The van der Waals surface area contributed by atoms with Gasteiger partial charge >= 0.3 is 0 Å². The number of nitrogens with zero attached hydrogens (tertiary/aromatic N) is 3. The SMILES string of the molecule is CC(Sc1nc2ccccc2c(=O)n1CCCO)C(=O)N(C)Cc1cccc(F)c1. The van der Waals surface area contributed by atoms with Gasteiger partial charge in [0.05, 0.1) is 16.2 Å². The number of aliphatic hydroxyl groups is 1. The van der Waals surface area contributed by atoms with Crippen molar-refractivity contribution in [2.45, 2.75) is 36.8 Å². The maximum Gasteiger partial charge on any atom is 0.262 e. The van der Waals surface area contributed by atoms with Gasteiger partial charge in [-0.2, -0.15) is 0 Å². The lowest BCUT2D eigenvalue weighted by atomic mass is 10.2. The lowest BCUT2D eigenvalue weighted by Gasteiger charge is -2.22. The quantitative estimate of drug-likeness (QED) is 0.440. The summed E-state index contributed by atoms with van der Waals surface area (Å²) in [6.07, 6.45) is 0.412. The number of aromatic nitrogens is 2. The highest BCUT2D eigenvalue weighted by Gasteiger charge is 2.22. The number of carbonyl (C=O) groups is 1. The first-order valence-electron chi connectivity index (χ1n) is 9.67. The number of aliphatic hydroxyl groups excluding tert-OH is 1. The largest absolute Gasteiger partial charge is 0.396 e. The Morgan fingerprint density at radius 2 is 2.03 bits per heavy atom. The van der Waals surface area contributed by atoms with Crippen LogP contribution in [0.3, 0.4) is 0 Å². The number of carbonyl (C=O) groups excluding carboxylic acids is 1. The third-order valence-corrected chi connectivity index (χ3v) is 5.76. The summed E-state index contributed by atoms with van der Waals surface area (Å²) >= 11 is 1.20. The normalized spacial score (nSPS) is 12.1. The van der Waals surface area contributed by atoms with Crippen molar-refractivity contribution >= 4 is 28.6 Å². The average Bonchev–Trinajstić information content (AvgIpc) is 2.73. The summed E-state index contributed by atoms with van der Waals surface area (Å²) in [5.41, 5.74) is 1.08. The average molecular weight is 430 g/mol. The lowest BCUT2D eigenvalue weighted by molar-refractivity contribution is -0.129. The standard InChI is InChI=1S/C22H24FN3O3S/c1-15(20(28)25(2)14-16-7-5-8-17(23)13-16)30-22-24-19-10-4-3-9-18(19)21(29)26(22)11-6-12-27/h3-5,7-10,13,15,27H,6,11-12,14H2,1-2H3. The van der Waals surface area contributed by atoms with Gasteiger partial charge in [-0.1, -0.05) is 36.0 Å². The minimum absolute atomic E-state index is 0.0474. The Morgan fingerprint density at radius 1 is 1.27 bits per heavy atom. The molecule has 6 nitrogen and oxygen atoms in total. The predicted octanol–water partition coefficient (Wildman–Crippen LogP) is 3.06. The Labute approximate surface area is 178 Å². The van der Waals surface area contributed by atoms with Crippen molar-refractivity contribution in [2.75, 3.05) is 13.7 Å². The molecule has 0 aliphatic carbocycles. The van der Waals surface area contributed by atoms with Crippen molar-refractivity contribution in [1.29, 1.82) is 0 Å². The van der Waals surface area contributed by atoms with E-state index in [1.807, 2.05) is 6.07 Å². The zero-order chi connectivity index (χ0) is 21.7. The molecule has 0 bridgehead atoms. The summed E-state index contributed by atoms with van der Waals surface area (Å²) in [5, 5.41) is 9.63. The molecule has 1 heterocycles. The van der Waals surface area contributed by atoms with Gasteiger partial charge in [-0.15, -0.1) is 0 Å². The zero-order valence-corrected chi connectivity index (χ0v) is 17.7. The van der Waals surface area contributed by atoms with E-state index >= 15 is 0 Å². The summed E-state index contributed by atoms with van der Waals surface area (Å²) in [4.78, 5) is 31.9. The number of para-hydroxylation sites is 1. The first-order chi connectivity index (χ1) is 14.4. The van der Waals surface area contributed by atoms with E-state index in [-0.39, 0.29) is 30.4 Å². The molecule has 8 heteroatoms. The third kappa shape index (κ3) is 5.06. The van der Waals surface area contributed by atoms with E-state index in [0.29, 0.717) is 34.6 Å². The monoisotopic (exact) mass is 429 g/mol. The van der Waals surface area contributed by atoms with E-state index in [0.717, 1.165) is 0 Å². The molecule has 3 aromatic rings. The molecule has 2 aromatic carbocycles. The van der Waals surface area contributed by atoms with Gasteiger partial charge in [0.25, 0.3) is 5.56 Å².